The average molecular weight is 403 g/mol. The molecule has 0 amide bonds. The molecule has 0 unspecified atom stereocenters. The van der Waals surface area contributed by atoms with Crippen molar-refractivity contribution in [2.24, 2.45) is 0 Å². The van der Waals surface area contributed by atoms with Crippen molar-refractivity contribution in [2.45, 2.75) is 32.9 Å². The lowest BCUT2D eigenvalue weighted by atomic mass is 10.4. The van der Waals surface area contributed by atoms with Crippen molar-refractivity contribution in [3.63, 3.8) is 0 Å². The van der Waals surface area contributed by atoms with Crippen molar-refractivity contribution in [2.75, 3.05) is 21.3 Å². The number of aryl methyl sites for hydroxylation is 2. The van der Waals surface area contributed by atoms with Gasteiger partial charge in [0.15, 0.2) is 5.69 Å². The predicted octanol–water partition coefficient (Wildman–Crippen LogP) is -1.08. The van der Waals surface area contributed by atoms with E-state index in [0.29, 0.717) is 0 Å². The molecule has 1 aromatic rings. The molecule has 0 saturated carbocycles. The van der Waals surface area contributed by atoms with Gasteiger partial charge in [0.05, 0.1) is 5.38 Å². The van der Waals surface area contributed by atoms with Crippen LogP contribution in [0.2, 0.25) is 6.04 Å². The lowest BCUT2D eigenvalue weighted by Crippen LogP contribution is -3.00. The average Bonchev–Trinajstić information content (AvgIpc) is 2.66. The van der Waals surface area contributed by atoms with E-state index in [9.17, 15) is 0 Å². The molecule has 18 heavy (non-hydrogen) atoms. The van der Waals surface area contributed by atoms with Crippen molar-refractivity contribution in [1.29, 1.82) is 0 Å². The van der Waals surface area contributed by atoms with Crippen LogP contribution in [0.1, 0.15) is 17.1 Å². The number of nitrogens with zero attached hydrogens (tertiary/aromatic N) is 1. The fourth-order valence-electron chi connectivity index (χ4n) is 1.89. The van der Waals surface area contributed by atoms with Gasteiger partial charge in [0.1, 0.15) is 6.54 Å². The molecule has 0 N–H and O–H groups in total. The SMILES string of the molecule is CO[Si](CCC[n+]1c(C)csc1C)(OC)OC.[I-]. The van der Waals surface area contributed by atoms with Crippen LogP contribution < -0.4 is 28.5 Å². The van der Waals surface area contributed by atoms with E-state index in [4.69, 9.17) is 13.3 Å². The Kier molecular flexibility index (Phi) is 8.81. The van der Waals surface area contributed by atoms with Crippen LogP contribution in [0.25, 0.3) is 0 Å². The predicted molar refractivity (Wildman–Crippen MR) is 70.2 cm³/mol. The maximum atomic E-state index is 5.40. The molecule has 0 aromatic carbocycles. The van der Waals surface area contributed by atoms with Gasteiger partial charge in [0, 0.05) is 47.6 Å². The van der Waals surface area contributed by atoms with Gasteiger partial charge in [-0.15, -0.1) is 0 Å². The summed E-state index contributed by atoms with van der Waals surface area (Å²) < 4.78 is 18.5. The van der Waals surface area contributed by atoms with Gasteiger partial charge in [0.25, 0.3) is 0 Å². The van der Waals surface area contributed by atoms with Crippen LogP contribution in [0.15, 0.2) is 5.38 Å². The quantitative estimate of drug-likeness (QED) is 0.330. The van der Waals surface area contributed by atoms with Gasteiger partial charge in [0.2, 0.25) is 5.01 Å². The minimum absolute atomic E-state index is 0. The van der Waals surface area contributed by atoms with Crippen molar-refractivity contribution in [3.05, 3.63) is 16.1 Å². The third-order valence-electron chi connectivity index (χ3n) is 3.00. The zero-order valence-electron chi connectivity index (χ0n) is 11.7. The molecule has 0 spiro atoms. The van der Waals surface area contributed by atoms with E-state index in [0.717, 1.165) is 19.0 Å². The minimum Gasteiger partial charge on any atom is -1.00 e. The van der Waals surface area contributed by atoms with Crippen molar-refractivity contribution >= 4 is 20.1 Å². The molecule has 0 bridgehead atoms. The summed E-state index contributed by atoms with van der Waals surface area (Å²) in [6.45, 7) is 5.27. The van der Waals surface area contributed by atoms with Crippen molar-refractivity contribution in [3.8, 4) is 0 Å². The Morgan fingerprint density at radius 1 is 1.17 bits per heavy atom. The number of hydrogen-bond donors (Lipinski definition) is 0. The molecule has 0 fully saturated rings. The first-order valence-corrected chi connectivity index (χ1v) is 8.49. The monoisotopic (exact) mass is 403 g/mol. The number of thiazole rings is 1. The Morgan fingerprint density at radius 3 is 2.11 bits per heavy atom. The lowest BCUT2D eigenvalue weighted by Gasteiger charge is -2.23. The van der Waals surface area contributed by atoms with E-state index >= 15 is 0 Å². The summed E-state index contributed by atoms with van der Waals surface area (Å²) in [6, 6.07) is 0.845. The molecule has 1 heterocycles. The lowest BCUT2D eigenvalue weighted by molar-refractivity contribution is -0.703. The van der Waals surface area contributed by atoms with Gasteiger partial charge >= 0.3 is 8.80 Å². The van der Waals surface area contributed by atoms with Crippen LogP contribution in [-0.2, 0) is 19.8 Å². The Labute approximate surface area is 132 Å². The first-order valence-electron chi connectivity index (χ1n) is 5.68. The third-order valence-corrected chi connectivity index (χ3v) is 6.86. The minimum atomic E-state index is -2.40. The van der Waals surface area contributed by atoms with Crippen LogP contribution in [0.3, 0.4) is 0 Å². The van der Waals surface area contributed by atoms with Gasteiger partial charge in [-0.2, -0.15) is 4.57 Å². The molecule has 0 aliphatic rings. The fraction of sp³-hybridized carbons (Fsp3) is 0.727. The number of hydrogen-bond acceptors (Lipinski definition) is 4. The largest absolute Gasteiger partial charge is 1.00 e. The first-order chi connectivity index (χ1) is 8.08. The highest BCUT2D eigenvalue weighted by Gasteiger charge is 2.37. The van der Waals surface area contributed by atoms with Gasteiger partial charge in [-0.25, -0.2) is 0 Å². The zero-order valence-corrected chi connectivity index (χ0v) is 15.6. The Morgan fingerprint density at radius 2 is 1.72 bits per heavy atom. The first kappa shape index (κ1) is 18.5. The molecule has 0 atom stereocenters. The van der Waals surface area contributed by atoms with E-state index < -0.39 is 8.80 Å². The van der Waals surface area contributed by atoms with E-state index in [2.05, 4.69) is 23.8 Å². The molecule has 0 aliphatic heterocycles. The van der Waals surface area contributed by atoms with Crippen LogP contribution >= 0.6 is 11.3 Å². The van der Waals surface area contributed by atoms with Crippen LogP contribution in [0.4, 0.5) is 0 Å². The van der Waals surface area contributed by atoms with E-state index in [1.807, 2.05) is 0 Å². The summed E-state index contributed by atoms with van der Waals surface area (Å²) in [4.78, 5) is 0. The summed E-state index contributed by atoms with van der Waals surface area (Å²) in [5.74, 6) is 0. The van der Waals surface area contributed by atoms with Crippen molar-refractivity contribution in [1.82, 2.24) is 0 Å². The standard InChI is InChI=1S/C11H22NO3SSi.HI/c1-10-9-16-11(2)12(10)7-6-8-17(13-3,14-4)15-5;/h9H,6-8H2,1-5H3;1H/q+1;/p-1. The van der Waals surface area contributed by atoms with Gasteiger partial charge in [-0.05, 0) is 0 Å². The van der Waals surface area contributed by atoms with Gasteiger partial charge < -0.3 is 37.3 Å². The summed E-state index contributed by atoms with van der Waals surface area (Å²) in [6.07, 6.45) is 1.00. The summed E-state index contributed by atoms with van der Waals surface area (Å²) in [5, 5.41) is 3.52. The molecule has 1 aromatic heterocycles. The van der Waals surface area contributed by atoms with E-state index in [1.54, 1.807) is 32.7 Å². The van der Waals surface area contributed by atoms with Crippen LogP contribution in [0, 0.1) is 13.8 Å². The number of rotatable bonds is 7. The zero-order chi connectivity index (χ0) is 12.9. The van der Waals surface area contributed by atoms with E-state index in [-0.39, 0.29) is 24.0 Å². The second kappa shape index (κ2) is 8.59. The second-order valence-electron chi connectivity index (χ2n) is 3.95. The Hall–Kier alpha value is 0.457. The number of halogens is 1. The highest BCUT2D eigenvalue weighted by atomic mass is 127. The molecule has 0 saturated heterocycles. The fourth-order valence-corrected chi connectivity index (χ4v) is 4.42. The Balaban J connectivity index is 0.00000289. The second-order valence-corrected chi connectivity index (χ2v) is 8.10. The van der Waals surface area contributed by atoms with Gasteiger partial charge in [-0.1, -0.05) is 11.3 Å². The molecule has 1 rings (SSSR count). The molecule has 0 aliphatic carbocycles. The summed E-state index contributed by atoms with van der Waals surface area (Å²) in [5.41, 5.74) is 1.31. The molecule has 7 heteroatoms. The molecule has 106 valence electrons. The molecular formula is C11H22INO3SSi. The summed E-state index contributed by atoms with van der Waals surface area (Å²) in [7, 11) is 2.58. The van der Waals surface area contributed by atoms with Crippen LogP contribution in [-0.4, -0.2) is 30.1 Å². The molecule has 4 nitrogen and oxygen atoms in total. The molecule has 0 radical (unpaired) electrons. The smallest absolute Gasteiger partial charge is 0.500 e. The van der Waals surface area contributed by atoms with Crippen LogP contribution in [0.5, 0.6) is 0 Å². The third kappa shape index (κ3) is 4.53. The highest BCUT2D eigenvalue weighted by molar-refractivity contribution is 7.09. The van der Waals surface area contributed by atoms with E-state index in [1.165, 1.54) is 10.7 Å². The molecular weight excluding hydrogens is 381 g/mol. The normalized spacial score (nSPS) is 11.4. The van der Waals surface area contributed by atoms with Crippen molar-refractivity contribution < 1.29 is 41.8 Å². The topological polar surface area (TPSA) is 31.6 Å². The maximum Gasteiger partial charge on any atom is 0.500 e. The Bertz CT molecular complexity index is 330. The van der Waals surface area contributed by atoms with Gasteiger partial charge in [-0.3, -0.25) is 0 Å². The summed E-state index contributed by atoms with van der Waals surface area (Å²) >= 11 is 1.79. The maximum absolute atomic E-state index is 5.40. The number of aromatic nitrogens is 1. The highest BCUT2D eigenvalue weighted by Crippen LogP contribution is 2.15.